The molecule has 1 fully saturated rings. The van der Waals surface area contributed by atoms with Gasteiger partial charge in [0.2, 0.25) is 0 Å². The third kappa shape index (κ3) is 6.95. The Bertz CT molecular complexity index is 940. The number of methoxy groups -OCH3 is 1. The van der Waals surface area contributed by atoms with Crippen molar-refractivity contribution >= 4 is 0 Å². The van der Waals surface area contributed by atoms with Crippen LogP contribution in [-0.2, 0) is 41.6 Å². The highest BCUT2D eigenvalue weighted by atomic mass is 16.7. The molecule has 0 radical (unpaired) electrons. The molecule has 1 aliphatic rings. The van der Waals surface area contributed by atoms with Gasteiger partial charge in [-0.15, -0.1) is 5.92 Å². The smallest absolute Gasteiger partial charge is 0.186 e. The highest BCUT2D eigenvalue weighted by Crippen LogP contribution is 2.48. The van der Waals surface area contributed by atoms with E-state index in [4.69, 9.17) is 28.4 Å². The molecule has 0 N–H and O–H groups in total. The zero-order chi connectivity index (χ0) is 25.7. The van der Waals surface area contributed by atoms with E-state index in [1.54, 1.807) is 7.11 Å². The van der Waals surface area contributed by atoms with E-state index in [2.05, 4.69) is 25.7 Å². The monoisotopic (exact) mass is 496 g/mol. The van der Waals surface area contributed by atoms with Crippen molar-refractivity contribution in [2.75, 3.05) is 27.5 Å². The van der Waals surface area contributed by atoms with Crippen LogP contribution in [0.2, 0.25) is 0 Å². The molecule has 6 heteroatoms. The summed E-state index contributed by atoms with van der Waals surface area (Å²) in [6, 6.07) is 20.1. The molecule has 3 rings (SSSR count). The summed E-state index contributed by atoms with van der Waals surface area (Å²) in [7, 11) is 1.61. The normalized spacial score (nSPS) is 25.8. The first kappa shape index (κ1) is 28.3. The minimum Gasteiger partial charge on any atom is -0.359 e. The molecule has 1 saturated carbocycles. The van der Waals surface area contributed by atoms with Gasteiger partial charge in [0.05, 0.1) is 13.2 Å². The zero-order valence-corrected chi connectivity index (χ0v) is 22.0. The maximum absolute atomic E-state index is 6.54. The molecule has 2 aromatic rings. The minimum atomic E-state index is -1.05. The molecule has 0 bridgehead atoms. The molecule has 0 heterocycles. The van der Waals surface area contributed by atoms with Crippen LogP contribution < -0.4 is 0 Å². The Balaban J connectivity index is 1.76. The average molecular weight is 497 g/mol. The highest BCUT2D eigenvalue weighted by Gasteiger charge is 2.61. The maximum atomic E-state index is 6.54. The number of hydrogen-bond donors (Lipinski definition) is 0. The van der Waals surface area contributed by atoms with Crippen molar-refractivity contribution in [3.8, 4) is 11.8 Å². The fourth-order valence-corrected chi connectivity index (χ4v) is 4.98. The summed E-state index contributed by atoms with van der Waals surface area (Å²) in [5.41, 5.74) is 0.406. The average Bonchev–Trinajstić information content (AvgIpc) is 2.92. The van der Waals surface area contributed by atoms with Gasteiger partial charge in [-0.05, 0) is 43.2 Å². The number of hydrogen-bond acceptors (Lipinski definition) is 6. The Morgan fingerprint density at radius 3 is 2.03 bits per heavy atom. The fourth-order valence-electron chi connectivity index (χ4n) is 4.98. The summed E-state index contributed by atoms with van der Waals surface area (Å²) < 4.78 is 36.5. The number of ether oxygens (including phenoxy) is 6. The highest BCUT2D eigenvalue weighted by molar-refractivity contribution is 5.28. The molecule has 3 unspecified atom stereocenters. The van der Waals surface area contributed by atoms with E-state index < -0.39 is 11.2 Å². The van der Waals surface area contributed by atoms with E-state index in [1.165, 1.54) is 0 Å². The lowest BCUT2D eigenvalue weighted by Gasteiger charge is -2.54. The fraction of sp³-hybridized carbons (Fsp3) is 0.533. The molecule has 0 spiro atoms. The van der Waals surface area contributed by atoms with Gasteiger partial charge in [-0.1, -0.05) is 80.4 Å². The lowest BCUT2D eigenvalue weighted by Crippen LogP contribution is -2.68. The van der Waals surface area contributed by atoms with E-state index in [0.29, 0.717) is 19.6 Å². The first-order valence-corrected chi connectivity index (χ1v) is 12.7. The predicted octanol–water partition coefficient (Wildman–Crippen LogP) is 5.70. The SMILES string of the molecule is CC#CC1(OCOC)C(OCOCc2ccccc2)C(C)CC[C@@]1(CC)OCOCc1ccccc1. The Morgan fingerprint density at radius 1 is 0.861 bits per heavy atom. The van der Waals surface area contributed by atoms with Crippen LogP contribution in [0.5, 0.6) is 0 Å². The lowest BCUT2D eigenvalue weighted by molar-refractivity contribution is -0.305. The van der Waals surface area contributed by atoms with Crippen LogP contribution in [0, 0.1) is 17.8 Å². The number of benzene rings is 2. The van der Waals surface area contributed by atoms with E-state index >= 15 is 0 Å². The Labute approximate surface area is 216 Å². The molecule has 36 heavy (non-hydrogen) atoms. The van der Waals surface area contributed by atoms with Gasteiger partial charge >= 0.3 is 0 Å². The standard InChI is InChI=1S/C30H40O6/c1-5-18-30(36-22-31-4)28(34-23-32-20-26-13-9-7-10-14-26)25(3)17-19-29(30,6-2)35-24-33-21-27-15-11-8-12-16-27/h7-16,25,28H,6,17,19-24H2,1-4H3/t25?,28?,29-,30?/m1/s1. The second kappa shape index (κ2) is 14.5. The van der Waals surface area contributed by atoms with Gasteiger partial charge in [0, 0.05) is 7.11 Å². The zero-order valence-electron chi connectivity index (χ0n) is 22.0. The summed E-state index contributed by atoms with van der Waals surface area (Å²) >= 11 is 0. The van der Waals surface area contributed by atoms with Crippen LogP contribution >= 0.6 is 0 Å². The van der Waals surface area contributed by atoms with Gasteiger partial charge in [0.1, 0.15) is 32.1 Å². The van der Waals surface area contributed by atoms with Gasteiger partial charge in [-0.2, -0.15) is 0 Å². The third-order valence-corrected chi connectivity index (χ3v) is 6.86. The summed E-state index contributed by atoms with van der Waals surface area (Å²) in [6.45, 7) is 7.32. The third-order valence-electron chi connectivity index (χ3n) is 6.86. The molecule has 0 amide bonds. The van der Waals surface area contributed by atoms with Crippen molar-refractivity contribution < 1.29 is 28.4 Å². The lowest BCUT2D eigenvalue weighted by atomic mass is 9.64. The summed E-state index contributed by atoms with van der Waals surface area (Å²) in [5, 5.41) is 0. The maximum Gasteiger partial charge on any atom is 0.186 e. The Hall–Kier alpha value is -2.24. The van der Waals surface area contributed by atoms with Crippen molar-refractivity contribution in [1.82, 2.24) is 0 Å². The summed E-state index contributed by atoms with van der Waals surface area (Å²) in [6.07, 6.45) is 1.97. The van der Waals surface area contributed by atoms with Crippen LogP contribution in [0.15, 0.2) is 60.7 Å². The summed E-state index contributed by atoms with van der Waals surface area (Å²) in [5.74, 6) is 6.62. The molecule has 2 aromatic carbocycles. The van der Waals surface area contributed by atoms with Crippen LogP contribution in [0.3, 0.4) is 0 Å². The van der Waals surface area contributed by atoms with Crippen LogP contribution in [-0.4, -0.2) is 44.8 Å². The van der Waals surface area contributed by atoms with Gasteiger partial charge in [0.15, 0.2) is 5.60 Å². The molecule has 0 aromatic heterocycles. The first-order valence-electron chi connectivity index (χ1n) is 12.7. The van der Waals surface area contributed by atoms with Crippen LogP contribution in [0.4, 0.5) is 0 Å². The molecular formula is C30H40O6. The molecule has 6 nitrogen and oxygen atoms in total. The van der Waals surface area contributed by atoms with Crippen LogP contribution in [0.25, 0.3) is 0 Å². The van der Waals surface area contributed by atoms with Gasteiger partial charge in [0.25, 0.3) is 0 Å². The van der Waals surface area contributed by atoms with Gasteiger partial charge in [-0.25, -0.2) is 0 Å². The van der Waals surface area contributed by atoms with E-state index in [0.717, 1.165) is 24.0 Å². The first-order chi connectivity index (χ1) is 17.6. The van der Waals surface area contributed by atoms with E-state index in [-0.39, 0.29) is 32.4 Å². The largest absolute Gasteiger partial charge is 0.359 e. The predicted molar refractivity (Wildman–Crippen MR) is 139 cm³/mol. The van der Waals surface area contributed by atoms with Crippen molar-refractivity contribution in [2.24, 2.45) is 5.92 Å². The minimum absolute atomic E-state index is 0.0715. The molecule has 196 valence electrons. The molecule has 4 atom stereocenters. The van der Waals surface area contributed by atoms with Crippen molar-refractivity contribution in [3.63, 3.8) is 0 Å². The molecular weight excluding hydrogens is 456 g/mol. The second-order valence-corrected chi connectivity index (χ2v) is 9.16. The van der Waals surface area contributed by atoms with Gasteiger partial charge < -0.3 is 28.4 Å². The van der Waals surface area contributed by atoms with E-state index in [9.17, 15) is 0 Å². The quantitative estimate of drug-likeness (QED) is 0.190. The molecule has 0 aliphatic heterocycles. The van der Waals surface area contributed by atoms with Crippen LogP contribution in [0.1, 0.15) is 51.2 Å². The molecule has 1 aliphatic carbocycles. The van der Waals surface area contributed by atoms with E-state index in [1.807, 2.05) is 67.6 Å². The van der Waals surface area contributed by atoms with Crippen molar-refractivity contribution in [2.45, 2.75) is 70.6 Å². The Kier molecular flexibility index (Phi) is 11.4. The Morgan fingerprint density at radius 2 is 1.47 bits per heavy atom. The number of rotatable bonds is 14. The van der Waals surface area contributed by atoms with Gasteiger partial charge in [-0.3, -0.25) is 0 Å². The molecule has 0 saturated heterocycles. The topological polar surface area (TPSA) is 55.4 Å². The second-order valence-electron chi connectivity index (χ2n) is 9.16. The summed E-state index contributed by atoms with van der Waals surface area (Å²) in [4.78, 5) is 0. The van der Waals surface area contributed by atoms with Crippen molar-refractivity contribution in [3.05, 3.63) is 71.8 Å². The van der Waals surface area contributed by atoms with Crippen molar-refractivity contribution in [1.29, 1.82) is 0 Å².